The number of hydrogen-bond donors (Lipinski definition) is 0. The second-order valence-electron chi connectivity index (χ2n) is 23.9. The third-order valence-electron chi connectivity index (χ3n) is 16.9. The highest BCUT2D eigenvalue weighted by Gasteiger charge is 2.13. The predicted octanol–water partition coefficient (Wildman–Crippen LogP) is 17.7. The van der Waals surface area contributed by atoms with E-state index in [1.807, 2.05) is 127 Å². The standard InChI is InChI=1S/C42H42N2O6.C42H40N2O6/c2*1-2-4-24-48-37-17-19-38(20-18-37)50-30-28-46-26-25-45-27-29-49-36-15-9-32(10-16-36)40-22-12-34-6-5-33-11-21-39(43-41(33)42(34)44-40)31-7-13-35(14-8-31)47-23-3-1/h5-22H,1-4,23-30H2;1-2,5-22H,3-4,23-30H2. The molecule has 20 rings (SSSR count). The second-order valence-corrected chi connectivity index (χ2v) is 23.9. The van der Waals surface area contributed by atoms with Crippen LogP contribution >= 0.6 is 0 Å². The molecule has 4 aromatic heterocycles. The van der Waals surface area contributed by atoms with Crippen LogP contribution in [0.4, 0.5) is 0 Å². The van der Waals surface area contributed by atoms with Crippen molar-refractivity contribution in [3.63, 3.8) is 0 Å². The van der Waals surface area contributed by atoms with Gasteiger partial charge < -0.3 is 56.8 Å². The normalized spacial score (nSPS) is 15.4. The summed E-state index contributed by atoms with van der Waals surface area (Å²) >= 11 is 0. The molecule has 0 N–H and O–H groups in total. The maximum atomic E-state index is 6.04. The van der Waals surface area contributed by atoms with Crippen LogP contribution in [0, 0.1) is 0 Å². The van der Waals surface area contributed by atoms with Gasteiger partial charge in [-0.1, -0.05) is 60.7 Å². The van der Waals surface area contributed by atoms with Crippen LogP contribution in [-0.4, -0.2) is 126 Å². The van der Waals surface area contributed by atoms with Gasteiger partial charge in [0.2, 0.25) is 0 Å². The number of pyridine rings is 4. The summed E-state index contributed by atoms with van der Waals surface area (Å²) in [5, 5.41) is 4.19. The van der Waals surface area contributed by atoms with Crippen molar-refractivity contribution in [2.45, 2.75) is 38.5 Å². The first kappa shape index (κ1) is 67.9. The highest BCUT2D eigenvalue weighted by atomic mass is 16.6. The molecule has 0 amide bonds. The molecule has 0 fully saturated rings. The van der Waals surface area contributed by atoms with E-state index in [1.54, 1.807) is 0 Å². The molecular formula is C84H82N4O12. The topological polar surface area (TPSA) is 162 Å². The molecule has 0 spiro atoms. The van der Waals surface area contributed by atoms with Crippen LogP contribution in [0.1, 0.15) is 38.5 Å². The van der Waals surface area contributed by atoms with E-state index in [0.29, 0.717) is 106 Å². The maximum Gasteiger partial charge on any atom is 0.119 e. The highest BCUT2D eigenvalue weighted by molar-refractivity contribution is 6.05. The minimum Gasteiger partial charge on any atom is -0.494 e. The van der Waals surface area contributed by atoms with Crippen molar-refractivity contribution in [1.29, 1.82) is 0 Å². The Morgan fingerprint density at radius 2 is 0.380 bits per heavy atom. The quantitative estimate of drug-likeness (QED) is 0.104. The molecule has 0 saturated heterocycles. The summed E-state index contributed by atoms with van der Waals surface area (Å²) < 4.78 is 69.8. The van der Waals surface area contributed by atoms with Gasteiger partial charge in [-0.05, 0) is 208 Å². The molecule has 0 aliphatic carbocycles. The minimum absolute atomic E-state index is 0.447. The Morgan fingerprint density at radius 1 is 0.180 bits per heavy atom. The van der Waals surface area contributed by atoms with Crippen molar-refractivity contribution in [3.05, 3.63) is 231 Å². The van der Waals surface area contributed by atoms with Crippen molar-refractivity contribution < 1.29 is 56.8 Å². The van der Waals surface area contributed by atoms with Gasteiger partial charge in [0.05, 0.1) is 124 Å². The van der Waals surface area contributed by atoms with Gasteiger partial charge in [0.15, 0.2) is 0 Å². The van der Waals surface area contributed by atoms with Crippen LogP contribution in [0.2, 0.25) is 0 Å². The van der Waals surface area contributed by atoms with E-state index in [9.17, 15) is 0 Å². The Hall–Kier alpha value is -10.6. The lowest BCUT2D eigenvalue weighted by Gasteiger charge is -2.11. The van der Waals surface area contributed by atoms with Crippen LogP contribution in [0.25, 0.3) is 88.6 Å². The Balaban J connectivity index is 0.000000179. The van der Waals surface area contributed by atoms with Crippen LogP contribution in [0.15, 0.2) is 231 Å². The van der Waals surface area contributed by atoms with E-state index in [1.165, 1.54) is 0 Å². The Morgan fingerprint density at radius 3 is 0.630 bits per heavy atom. The molecule has 8 aromatic carbocycles. The Kier molecular flexibility index (Phi) is 24.3. The molecule has 0 radical (unpaired) electrons. The molecule has 100 heavy (non-hydrogen) atoms. The molecule has 0 unspecified atom stereocenters. The third-order valence-corrected chi connectivity index (χ3v) is 16.9. The first-order chi connectivity index (χ1) is 49.6. The Bertz CT molecular complexity index is 4560. The van der Waals surface area contributed by atoms with E-state index in [4.69, 9.17) is 76.8 Å². The molecular weight excluding hydrogens is 1260 g/mol. The van der Waals surface area contributed by atoms with Crippen LogP contribution in [0.3, 0.4) is 0 Å². The van der Waals surface area contributed by atoms with E-state index >= 15 is 0 Å². The SMILES string of the molecule is C1=CCCOc2ccc(cc2)-c2ccc3ccc4ccc(nc4c3n2)-c2ccc(cc2)OCCOCCOCCOc2ccc(cc2)OCC1.c1cc2ccc1OCCCCCCOc1ccc(cc1)-c1ccc3ccc4ccc(nc4c3n1)-c1ccc(cc1)OCCOCCOCCO2. The monoisotopic (exact) mass is 1340 g/mol. The molecule has 0 saturated carbocycles. The first-order valence-corrected chi connectivity index (χ1v) is 34.6. The van der Waals surface area contributed by atoms with E-state index < -0.39 is 0 Å². The van der Waals surface area contributed by atoms with Crippen molar-refractivity contribution >= 4 is 43.6 Å². The van der Waals surface area contributed by atoms with Crippen molar-refractivity contribution in [2.75, 3.05) is 106 Å². The predicted molar refractivity (Wildman–Crippen MR) is 393 cm³/mol. The molecule has 8 aliphatic heterocycles. The number of hydrogen-bond acceptors (Lipinski definition) is 16. The summed E-state index contributed by atoms with van der Waals surface area (Å²) in [4.78, 5) is 20.3. The lowest BCUT2D eigenvalue weighted by Crippen LogP contribution is -2.13. The van der Waals surface area contributed by atoms with Crippen molar-refractivity contribution in [2.24, 2.45) is 0 Å². The van der Waals surface area contributed by atoms with E-state index in [0.717, 1.165) is 173 Å². The minimum atomic E-state index is 0.447. The zero-order valence-electron chi connectivity index (χ0n) is 56.2. The summed E-state index contributed by atoms with van der Waals surface area (Å²) in [5.74, 6) is 6.48. The van der Waals surface area contributed by atoms with Crippen LogP contribution < -0.4 is 37.9 Å². The Labute approximate surface area is 583 Å². The lowest BCUT2D eigenvalue weighted by atomic mass is 10.1. The molecule has 12 heterocycles. The summed E-state index contributed by atoms with van der Waals surface area (Å²) in [5.41, 5.74) is 11.1. The summed E-state index contributed by atoms with van der Waals surface area (Å²) in [6, 6.07) is 72.7. The fourth-order valence-electron chi connectivity index (χ4n) is 11.5. The molecule has 16 heteroatoms. The fourth-order valence-corrected chi connectivity index (χ4v) is 11.5. The molecule has 510 valence electrons. The van der Waals surface area contributed by atoms with Gasteiger partial charge in [-0.2, -0.15) is 0 Å². The average molecular weight is 1340 g/mol. The van der Waals surface area contributed by atoms with Gasteiger partial charge in [0, 0.05) is 43.8 Å². The molecule has 8 aliphatic rings. The maximum absolute atomic E-state index is 6.04. The van der Waals surface area contributed by atoms with Crippen LogP contribution in [-0.2, 0) is 18.9 Å². The van der Waals surface area contributed by atoms with Gasteiger partial charge in [0.25, 0.3) is 0 Å². The van der Waals surface area contributed by atoms with E-state index in [-0.39, 0.29) is 0 Å². The van der Waals surface area contributed by atoms with Gasteiger partial charge in [-0.25, -0.2) is 19.9 Å². The number of aromatic nitrogens is 4. The number of rotatable bonds is 0. The van der Waals surface area contributed by atoms with Crippen molar-refractivity contribution in [3.8, 4) is 91.0 Å². The number of ether oxygens (including phenoxy) is 12. The van der Waals surface area contributed by atoms with Gasteiger partial charge in [0.1, 0.15) is 72.4 Å². The summed E-state index contributed by atoms with van der Waals surface area (Å²) in [6.45, 7) is 8.28. The third kappa shape index (κ3) is 19.4. The number of benzene rings is 8. The average Bonchev–Trinajstić information content (AvgIpc) is 0.778. The van der Waals surface area contributed by atoms with Gasteiger partial charge in [-0.15, -0.1) is 0 Å². The van der Waals surface area contributed by atoms with E-state index in [2.05, 4.69) is 103 Å². The zero-order valence-corrected chi connectivity index (χ0v) is 56.2. The molecule has 20 bridgehead atoms. The van der Waals surface area contributed by atoms with Crippen molar-refractivity contribution in [1.82, 2.24) is 19.9 Å². The van der Waals surface area contributed by atoms with Gasteiger partial charge in [-0.3, -0.25) is 0 Å². The fraction of sp³-hybridized carbons (Fsp3) is 0.262. The lowest BCUT2D eigenvalue weighted by molar-refractivity contribution is 0.0273. The van der Waals surface area contributed by atoms with Gasteiger partial charge >= 0.3 is 0 Å². The second kappa shape index (κ2) is 35.8. The first-order valence-electron chi connectivity index (χ1n) is 34.6. The van der Waals surface area contributed by atoms with Crippen LogP contribution in [0.5, 0.6) is 46.0 Å². The number of nitrogens with zero attached hydrogens (tertiary/aromatic N) is 4. The molecule has 12 aromatic rings. The molecule has 0 atom stereocenters. The largest absolute Gasteiger partial charge is 0.494 e. The highest BCUT2D eigenvalue weighted by Crippen LogP contribution is 2.33. The summed E-state index contributed by atoms with van der Waals surface area (Å²) in [6.07, 6.45) is 10.1. The summed E-state index contributed by atoms with van der Waals surface area (Å²) in [7, 11) is 0. The zero-order chi connectivity index (χ0) is 67.6. The smallest absolute Gasteiger partial charge is 0.119 e. The number of fused-ring (bicyclic) bond motifs is 5. The molecule has 16 nitrogen and oxygen atoms in total.